The summed E-state index contributed by atoms with van der Waals surface area (Å²) < 4.78 is 38.0. The molecule has 1 N–H and O–H groups in total. The van der Waals surface area contributed by atoms with E-state index in [0.717, 1.165) is 11.5 Å². The van der Waals surface area contributed by atoms with Crippen molar-refractivity contribution in [3.8, 4) is 11.5 Å². The first-order valence-corrected chi connectivity index (χ1v) is 11.9. The van der Waals surface area contributed by atoms with Crippen molar-refractivity contribution in [2.45, 2.75) is 38.9 Å². The number of thiophene rings is 1. The molecule has 2 rings (SSSR count). The van der Waals surface area contributed by atoms with Gasteiger partial charge in [0.2, 0.25) is 5.91 Å². The predicted molar refractivity (Wildman–Crippen MR) is 121 cm³/mol. The molecule has 1 aromatic heterocycles. The lowest BCUT2D eigenvalue weighted by Crippen LogP contribution is -2.36. The fourth-order valence-electron chi connectivity index (χ4n) is 2.63. The maximum Gasteiger partial charge on any atom is 0.308 e. The van der Waals surface area contributed by atoms with Crippen LogP contribution in [0, 0.1) is 0 Å². The van der Waals surface area contributed by atoms with Gasteiger partial charge in [0, 0.05) is 17.3 Å². The van der Waals surface area contributed by atoms with Gasteiger partial charge in [0.15, 0.2) is 17.6 Å². The molecule has 1 aliphatic rings. The lowest BCUT2D eigenvalue weighted by atomic mass is 10.2. The Morgan fingerprint density at radius 1 is 1.00 bits per heavy atom. The van der Waals surface area contributed by atoms with Gasteiger partial charge in [0.25, 0.3) is 0 Å². The smallest absolute Gasteiger partial charge is 0.308 e. The van der Waals surface area contributed by atoms with E-state index in [4.69, 9.17) is 33.2 Å². The minimum absolute atomic E-state index is 0.0482. The van der Waals surface area contributed by atoms with Gasteiger partial charge < -0.3 is 38.5 Å². The van der Waals surface area contributed by atoms with Gasteiger partial charge in [-0.1, -0.05) is 0 Å². The average Bonchev–Trinajstić information content (AvgIpc) is 3.21. The van der Waals surface area contributed by atoms with Crippen LogP contribution in [0.4, 0.5) is 0 Å². The zero-order valence-corrected chi connectivity index (χ0v) is 20.4. The van der Waals surface area contributed by atoms with Gasteiger partial charge in [-0.25, -0.2) is 0 Å². The summed E-state index contributed by atoms with van der Waals surface area (Å²) in [6, 6.07) is 0. The number of amides is 1. The van der Waals surface area contributed by atoms with E-state index in [1.165, 1.54) is 11.3 Å². The molecule has 0 fully saturated rings. The molecule has 1 unspecified atom stereocenters. The molecule has 1 amide bonds. The molecule has 0 aliphatic carbocycles. The molecule has 0 saturated heterocycles. The molecule has 0 bridgehead atoms. The third-order valence-electron chi connectivity index (χ3n) is 4.03. The topological polar surface area (TPSA) is 111 Å². The van der Waals surface area contributed by atoms with E-state index >= 15 is 0 Å². The van der Waals surface area contributed by atoms with Crippen LogP contribution in [0.15, 0.2) is 10.8 Å². The number of hydrogen-bond donors (Lipinski definition) is 1. The molecule has 33 heavy (non-hydrogen) atoms. The van der Waals surface area contributed by atoms with Crippen LogP contribution in [0.3, 0.4) is 0 Å². The third kappa shape index (κ3) is 12.8. The highest BCUT2D eigenvalue weighted by Crippen LogP contribution is 2.35. The molecule has 1 aliphatic heterocycles. The summed E-state index contributed by atoms with van der Waals surface area (Å²) in [5, 5.41) is 6.49. The second-order valence-corrected chi connectivity index (χ2v) is 8.93. The third-order valence-corrected chi connectivity index (χ3v) is 4.73. The summed E-state index contributed by atoms with van der Waals surface area (Å²) in [5.74, 6) is 0.978. The highest BCUT2D eigenvalue weighted by Gasteiger charge is 2.22. The minimum Gasteiger partial charge on any atom is -0.485 e. The molecule has 1 atom stereocenters. The van der Waals surface area contributed by atoms with Crippen LogP contribution in [0.5, 0.6) is 11.5 Å². The van der Waals surface area contributed by atoms with Gasteiger partial charge >= 0.3 is 5.97 Å². The molecule has 0 radical (unpaired) electrons. The van der Waals surface area contributed by atoms with Crippen molar-refractivity contribution in [1.82, 2.24) is 5.32 Å². The van der Waals surface area contributed by atoms with Crippen LogP contribution < -0.4 is 14.8 Å². The zero-order valence-electron chi connectivity index (χ0n) is 19.6. The van der Waals surface area contributed by atoms with Crippen molar-refractivity contribution in [3.05, 3.63) is 10.8 Å². The van der Waals surface area contributed by atoms with E-state index < -0.39 is 5.60 Å². The summed E-state index contributed by atoms with van der Waals surface area (Å²) in [6.45, 7) is 8.82. The van der Waals surface area contributed by atoms with Crippen molar-refractivity contribution < 1.29 is 42.7 Å². The van der Waals surface area contributed by atoms with Crippen LogP contribution in [0.2, 0.25) is 0 Å². The van der Waals surface area contributed by atoms with Gasteiger partial charge in [-0.05, 0) is 20.8 Å². The van der Waals surface area contributed by atoms with Crippen molar-refractivity contribution >= 4 is 23.2 Å². The largest absolute Gasteiger partial charge is 0.485 e. The molecule has 188 valence electrons. The predicted octanol–water partition coefficient (Wildman–Crippen LogP) is 1.80. The Kier molecular flexibility index (Phi) is 12.5. The Balaban J connectivity index is 1.31. The van der Waals surface area contributed by atoms with Gasteiger partial charge in [-0.15, -0.1) is 11.3 Å². The number of rotatable bonds is 16. The summed E-state index contributed by atoms with van der Waals surface area (Å²) in [5.41, 5.74) is -0.480. The second kappa shape index (κ2) is 15.1. The van der Waals surface area contributed by atoms with Crippen molar-refractivity contribution in [3.63, 3.8) is 0 Å². The molecule has 0 aromatic carbocycles. The molecular formula is C22H35NO9S. The minimum atomic E-state index is -0.480. The zero-order chi connectivity index (χ0) is 23.9. The van der Waals surface area contributed by atoms with Gasteiger partial charge in [0.1, 0.15) is 18.8 Å². The van der Waals surface area contributed by atoms with Crippen LogP contribution in [-0.2, 0) is 33.3 Å². The maximum absolute atomic E-state index is 11.8. The Morgan fingerprint density at radius 3 is 2.39 bits per heavy atom. The van der Waals surface area contributed by atoms with Crippen LogP contribution in [0.1, 0.15) is 27.2 Å². The standard InChI is InChI=1S/C22H35NO9S/c1-22(2,3)32-21(25)4-6-26-8-10-28-11-9-27-7-5-23-20(24)14-29-12-17-13-30-18-15-33-16-19(18)31-17/h15-17H,4-14H2,1-3H3,(H,23,24). The van der Waals surface area contributed by atoms with Gasteiger partial charge in [0.05, 0.1) is 52.7 Å². The number of carbonyl (C=O) groups is 2. The normalized spacial score (nSPS) is 15.3. The molecule has 10 nitrogen and oxygen atoms in total. The fraction of sp³-hybridized carbons (Fsp3) is 0.727. The Bertz CT molecular complexity index is 704. The van der Waals surface area contributed by atoms with Crippen molar-refractivity contribution in [2.75, 3.05) is 66.0 Å². The fourth-order valence-corrected chi connectivity index (χ4v) is 3.30. The Labute approximate surface area is 198 Å². The van der Waals surface area contributed by atoms with E-state index in [2.05, 4.69) is 5.32 Å². The lowest BCUT2D eigenvalue weighted by Gasteiger charge is -2.24. The summed E-state index contributed by atoms with van der Waals surface area (Å²) in [6.07, 6.45) is -0.00539. The number of carbonyl (C=O) groups excluding carboxylic acids is 2. The number of fused-ring (bicyclic) bond motifs is 1. The van der Waals surface area contributed by atoms with E-state index in [9.17, 15) is 9.59 Å². The van der Waals surface area contributed by atoms with E-state index in [1.807, 2.05) is 31.5 Å². The highest BCUT2D eigenvalue weighted by atomic mass is 32.1. The summed E-state index contributed by atoms with van der Waals surface area (Å²) in [7, 11) is 0. The average molecular weight is 490 g/mol. The summed E-state index contributed by atoms with van der Waals surface area (Å²) in [4.78, 5) is 23.3. The molecule has 11 heteroatoms. The lowest BCUT2D eigenvalue weighted by molar-refractivity contribution is -0.156. The molecular weight excluding hydrogens is 454 g/mol. The van der Waals surface area contributed by atoms with E-state index in [-0.39, 0.29) is 37.6 Å². The van der Waals surface area contributed by atoms with Crippen LogP contribution in [-0.4, -0.2) is 89.6 Å². The highest BCUT2D eigenvalue weighted by molar-refractivity contribution is 7.08. The molecule has 1 aromatic rings. The van der Waals surface area contributed by atoms with E-state index in [1.54, 1.807) is 0 Å². The number of esters is 1. The number of nitrogens with one attached hydrogen (secondary N) is 1. The van der Waals surface area contributed by atoms with Crippen molar-refractivity contribution in [1.29, 1.82) is 0 Å². The molecule has 2 heterocycles. The number of hydrogen-bond acceptors (Lipinski definition) is 10. The van der Waals surface area contributed by atoms with Gasteiger partial charge in [-0.2, -0.15) is 0 Å². The van der Waals surface area contributed by atoms with E-state index in [0.29, 0.717) is 52.8 Å². The van der Waals surface area contributed by atoms with Crippen LogP contribution in [0.25, 0.3) is 0 Å². The first-order chi connectivity index (χ1) is 15.8. The maximum atomic E-state index is 11.8. The van der Waals surface area contributed by atoms with Gasteiger partial charge in [-0.3, -0.25) is 9.59 Å². The Morgan fingerprint density at radius 2 is 1.67 bits per heavy atom. The molecule has 0 saturated carbocycles. The second-order valence-electron chi connectivity index (χ2n) is 8.19. The first-order valence-electron chi connectivity index (χ1n) is 11.0. The Hall–Kier alpha value is -1.92. The monoisotopic (exact) mass is 489 g/mol. The van der Waals surface area contributed by atoms with Crippen LogP contribution >= 0.6 is 11.3 Å². The van der Waals surface area contributed by atoms with Crippen molar-refractivity contribution in [2.24, 2.45) is 0 Å². The number of ether oxygens (including phenoxy) is 7. The summed E-state index contributed by atoms with van der Waals surface area (Å²) >= 11 is 1.51. The molecule has 0 spiro atoms. The SMILES string of the molecule is CC(C)(C)OC(=O)CCOCCOCCOCCNC(=O)COCC1COc2cscc2O1. The first kappa shape index (κ1) is 27.3. The quantitative estimate of drug-likeness (QED) is 0.274.